The molecule has 0 bridgehead atoms. The molecular formula is C8H12N2O. The first-order valence-corrected chi connectivity index (χ1v) is 3.72. The Bertz CT molecular complexity index is 226. The Morgan fingerprint density at radius 2 is 2.45 bits per heavy atom. The van der Waals surface area contributed by atoms with Gasteiger partial charge in [-0.15, -0.1) is 0 Å². The van der Waals surface area contributed by atoms with Crippen LogP contribution in [0.3, 0.4) is 0 Å². The molecule has 1 aromatic heterocycles. The number of Topliss-reactive ketones (excluding diaryl/α,β-unsaturated/α-hetero) is 1. The fourth-order valence-corrected chi connectivity index (χ4v) is 0.885. The van der Waals surface area contributed by atoms with Gasteiger partial charge in [-0.1, -0.05) is 13.8 Å². The zero-order valence-electron chi connectivity index (χ0n) is 6.79. The van der Waals surface area contributed by atoms with Crippen molar-refractivity contribution in [3.05, 3.63) is 18.2 Å². The molecule has 0 radical (unpaired) electrons. The molecule has 1 rings (SSSR count). The van der Waals surface area contributed by atoms with Crippen LogP contribution < -0.4 is 0 Å². The lowest BCUT2D eigenvalue weighted by Crippen LogP contribution is -2.05. The number of nitrogens with one attached hydrogen (secondary N) is 1. The molecule has 11 heavy (non-hydrogen) atoms. The fraction of sp³-hybridized carbons (Fsp3) is 0.500. The summed E-state index contributed by atoms with van der Waals surface area (Å²) in [5.74, 6) is 0.955. The average Bonchev–Trinajstić information content (AvgIpc) is 2.35. The van der Waals surface area contributed by atoms with Gasteiger partial charge in [-0.25, -0.2) is 4.98 Å². The summed E-state index contributed by atoms with van der Waals surface area (Å²) in [4.78, 5) is 17.9. The van der Waals surface area contributed by atoms with Crippen LogP contribution in [0.15, 0.2) is 12.4 Å². The minimum atomic E-state index is 0.0880. The van der Waals surface area contributed by atoms with Gasteiger partial charge < -0.3 is 4.98 Å². The topological polar surface area (TPSA) is 45.8 Å². The second-order valence-electron chi connectivity index (χ2n) is 2.96. The fourth-order valence-electron chi connectivity index (χ4n) is 0.885. The maximum absolute atomic E-state index is 11.2. The molecule has 0 spiro atoms. The van der Waals surface area contributed by atoms with Crippen molar-refractivity contribution < 1.29 is 4.79 Å². The number of rotatable bonds is 3. The van der Waals surface area contributed by atoms with E-state index in [1.165, 1.54) is 0 Å². The third-order valence-electron chi connectivity index (χ3n) is 1.36. The number of hydrogen-bond donors (Lipinski definition) is 1. The van der Waals surface area contributed by atoms with Gasteiger partial charge in [-0.05, 0) is 5.92 Å². The maximum atomic E-state index is 11.2. The Labute approximate surface area is 65.8 Å². The number of aromatic amines is 1. The van der Waals surface area contributed by atoms with Gasteiger partial charge in [0.05, 0.1) is 0 Å². The van der Waals surface area contributed by atoms with Gasteiger partial charge in [-0.2, -0.15) is 0 Å². The Kier molecular flexibility index (Phi) is 2.41. The highest BCUT2D eigenvalue weighted by Gasteiger charge is 2.09. The van der Waals surface area contributed by atoms with Crippen LogP contribution in [-0.2, 0) is 0 Å². The van der Waals surface area contributed by atoms with Crippen LogP contribution in [0.2, 0.25) is 0 Å². The van der Waals surface area contributed by atoms with E-state index in [2.05, 4.69) is 9.97 Å². The molecule has 0 saturated carbocycles. The van der Waals surface area contributed by atoms with E-state index in [4.69, 9.17) is 0 Å². The van der Waals surface area contributed by atoms with E-state index in [1.807, 2.05) is 13.8 Å². The number of imidazole rings is 1. The zero-order chi connectivity index (χ0) is 8.27. The normalized spacial score (nSPS) is 10.5. The highest BCUT2D eigenvalue weighted by molar-refractivity contribution is 5.92. The van der Waals surface area contributed by atoms with Gasteiger partial charge >= 0.3 is 0 Å². The van der Waals surface area contributed by atoms with E-state index >= 15 is 0 Å². The molecule has 3 heteroatoms. The Morgan fingerprint density at radius 1 is 1.73 bits per heavy atom. The molecule has 0 fully saturated rings. The van der Waals surface area contributed by atoms with Gasteiger partial charge in [0.2, 0.25) is 0 Å². The zero-order valence-corrected chi connectivity index (χ0v) is 6.79. The number of carbonyl (C=O) groups is 1. The third kappa shape index (κ3) is 2.18. The summed E-state index contributed by atoms with van der Waals surface area (Å²) < 4.78 is 0. The van der Waals surface area contributed by atoms with Gasteiger partial charge in [0.1, 0.15) is 0 Å². The largest absolute Gasteiger partial charge is 0.342 e. The van der Waals surface area contributed by atoms with Crippen LogP contribution in [0, 0.1) is 5.92 Å². The molecule has 0 aliphatic rings. The summed E-state index contributed by atoms with van der Waals surface area (Å²) in [5, 5.41) is 0. The van der Waals surface area contributed by atoms with Crippen LogP contribution in [0.5, 0.6) is 0 Å². The minimum Gasteiger partial charge on any atom is -0.342 e. The molecule has 0 amide bonds. The first-order valence-electron chi connectivity index (χ1n) is 3.72. The van der Waals surface area contributed by atoms with Crippen LogP contribution in [0.4, 0.5) is 0 Å². The number of hydrogen-bond acceptors (Lipinski definition) is 2. The summed E-state index contributed by atoms with van der Waals surface area (Å²) in [6.45, 7) is 4.03. The monoisotopic (exact) mass is 152 g/mol. The van der Waals surface area contributed by atoms with Crippen molar-refractivity contribution in [3.63, 3.8) is 0 Å². The maximum Gasteiger partial charge on any atom is 0.198 e. The molecule has 0 aromatic carbocycles. The van der Waals surface area contributed by atoms with Gasteiger partial charge in [-0.3, -0.25) is 4.79 Å². The lowest BCUT2D eigenvalue weighted by Gasteiger charge is -1.99. The predicted molar refractivity (Wildman–Crippen MR) is 42.4 cm³/mol. The number of carbonyl (C=O) groups excluding carboxylic acids is 1. The van der Waals surface area contributed by atoms with E-state index in [0.717, 1.165) is 0 Å². The molecule has 1 heterocycles. The molecule has 0 unspecified atom stereocenters. The molecule has 1 N–H and O–H groups in total. The molecule has 0 aliphatic heterocycles. The van der Waals surface area contributed by atoms with E-state index in [9.17, 15) is 4.79 Å². The number of nitrogens with zero attached hydrogens (tertiary/aromatic N) is 1. The summed E-state index contributed by atoms with van der Waals surface area (Å²) in [7, 11) is 0. The quantitative estimate of drug-likeness (QED) is 0.669. The molecule has 60 valence electrons. The molecule has 3 nitrogen and oxygen atoms in total. The molecule has 0 atom stereocenters. The third-order valence-corrected chi connectivity index (χ3v) is 1.36. The van der Waals surface area contributed by atoms with E-state index in [1.54, 1.807) is 12.4 Å². The summed E-state index contributed by atoms with van der Waals surface area (Å²) >= 11 is 0. The SMILES string of the molecule is CC(C)CC(=O)c1ncc[nH]1. The van der Waals surface area contributed by atoms with E-state index in [-0.39, 0.29) is 5.78 Å². The summed E-state index contributed by atoms with van der Waals surface area (Å²) in [6, 6.07) is 0. The number of ketones is 1. The van der Waals surface area contributed by atoms with Crippen molar-refractivity contribution in [2.75, 3.05) is 0 Å². The first kappa shape index (κ1) is 7.98. The van der Waals surface area contributed by atoms with Crippen LogP contribution >= 0.6 is 0 Å². The Balaban J connectivity index is 2.57. The second kappa shape index (κ2) is 3.32. The Morgan fingerprint density at radius 3 is 2.91 bits per heavy atom. The van der Waals surface area contributed by atoms with Gasteiger partial charge in [0.25, 0.3) is 0 Å². The second-order valence-corrected chi connectivity index (χ2v) is 2.96. The summed E-state index contributed by atoms with van der Waals surface area (Å²) in [5.41, 5.74) is 0. The van der Waals surface area contributed by atoms with Crippen LogP contribution in [0.1, 0.15) is 30.9 Å². The molecule has 1 aromatic rings. The number of H-pyrrole nitrogens is 1. The first-order chi connectivity index (χ1) is 5.20. The van der Waals surface area contributed by atoms with Gasteiger partial charge in [0.15, 0.2) is 11.6 Å². The highest BCUT2D eigenvalue weighted by Crippen LogP contribution is 2.04. The van der Waals surface area contributed by atoms with Gasteiger partial charge in [0, 0.05) is 18.8 Å². The van der Waals surface area contributed by atoms with E-state index < -0.39 is 0 Å². The van der Waals surface area contributed by atoms with E-state index in [0.29, 0.717) is 18.2 Å². The highest BCUT2D eigenvalue weighted by atomic mass is 16.1. The summed E-state index contributed by atoms with van der Waals surface area (Å²) in [6.07, 6.45) is 3.81. The van der Waals surface area contributed by atoms with Crippen molar-refractivity contribution in [2.24, 2.45) is 5.92 Å². The van der Waals surface area contributed by atoms with Crippen molar-refractivity contribution in [1.29, 1.82) is 0 Å². The lowest BCUT2D eigenvalue weighted by atomic mass is 10.1. The molecular weight excluding hydrogens is 140 g/mol. The minimum absolute atomic E-state index is 0.0880. The van der Waals surface area contributed by atoms with Crippen molar-refractivity contribution in [3.8, 4) is 0 Å². The number of aromatic nitrogens is 2. The lowest BCUT2D eigenvalue weighted by molar-refractivity contribution is 0.0958. The Hall–Kier alpha value is -1.12. The van der Waals surface area contributed by atoms with Crippen molar-refractivity contribution in [1.82, 2.24) is 9.97 Å². The average molecular weight is 152 g/mol. The van der Waals surface area contributed by atoms with Crippen LogP contribution in [0.25, 0.3) is 0 Å². The van der Waals surface area contributed by atoms with Crippen molar-refractivity contribution >= 4 is 5.78 Å². The van der Waals surface area contributed by atoms with Crippen LogP contribution in [-0.4, -0.2) is 15.8 Å². The molecule has 0 saturated heterocycles. The van der Waals surface area contributed by atoms with Crippen molar-refractivity contribution in [2.45, 2.75) is 20.3 Å². The molecule has 0 aliphatic carbocycles. The smallest absolute Gasteiger partial charge is 0.198 e. The predicted octanol–water partition coefficient (Wildman–Crippen LogP) is 1.64. The standard InChI is InChI=1S/C8H12N2O/c1-6(2)5-7(11)8-9-3-4-10-8/h3-4,6H,5H2,1-2H3,(H,9,10).